The molecule has 0 atom stereocenters. The van der Waals surface area contributed by atoms with Gasteiger partial charge >= 0.3 is 5.97 Å². The van der Waals surface area contributed by atoms with Crippen LogP contribution in [0.25, 0.3) is 0 Å². The SMILES string of the molecule is CC=C(CCN(C)C)C(=O)O. The zero-order valence-electron chi connectivity index (χ0n) is 7.29. The second-order valence-electron chi connectivity index (χ2n) is 2.67. The van der Waals surface area contributed by atoms with Crippen molar-refractivity contribution in [3.05, 3.63) is 11.6 Å². The third-order valence-electron chi connectivity index (χ3n) is 1.45. The van der Waals surface area contributed by atoms with Crippen molar-refractivity contribution in [1.29, 1.82) is 0 Å². The van der Waals surface area contributed by atoms with Crippen LogP contribution in [0.3, 0.4) is 0 Å². The lowest BCUT2D eigenvalue weighted by Crippen LogP contribution is -2.15. The zero-order chi connectivity index (χ0) is 8.85. The highest BCUT2D eigenvalue weighted by Crippen LogP contribution is 2.01. The highest BCUT2D eigenvalue weighted by molar-refractivity contribution is 5.86. The Morgan fingerprint density at radius 2 is 2.09 bits per heavy atom. The molecular formula is C8H15NO2. The van der Waals surface area contributed by atoms with Crippen LogP contribution in [0.2, 0.25) is 0 Å². The standard InChI is InChI=1S/C8H15NO2/c1-4-7(8(10)11)5-6-9(2)3/h4H,5-6H2,1-3H3,(H,10,11). The molecular weight excluding hydrogens is 142 g/mol. The van der Waals surface area contributed by atoms with Gasteiger partial charge in [0.2, 0.25) is 0 Å². The minimum absolute atomic E-state index is 0.485. The molecule has 0 aromatic rings. The molecule has 3 nitrogen and oxygen atoms in total. The maximum absolute atomic E-state index is 10.5. The second-order valence-corrected chi connectivity index (χ2v) is 2.67. The van der Waals surface area contributed by atoms with Gasteiger partial charge in [0.05, 0.1) is 0 Å². The molecule has 0 unspecified atom stereocenters. The average molecular weight is 157 g/mol. The van der Waals surface area contributed by atoms with Crippen molar-refractivity contribution < 1.29 is 9.90 Å². The molecule has 11 heavy (non-hydrogen) atoms. The lowest BCUT2D eigenvalue weighted by Gasteiger charge is -2.08. The summed E-state index contributed by atoms with van der Waals surface area (Å²) in [5.74, 6) is -0.811. The van der Waals surface area contributed by atoms with E-state index in [0.29, 0.717) is 12.0 Å². The fourth-order valence-electron chi connectivity index (χ4n) is 0.719. The summed E-state index contributed by atoms with van der Waals surface area (Å²) in [5, 5.41) is 8.60. The van der Waals surface area contributed by atoms with Crippen LogP contribution in [0, 0.1) is 0 Å². The van der Waals surface area contributed by atoms with E-state index in [2.05, 4.69) is 0 Å². The van der Waals surface area contributed by atoms with E-state index in [1.54, 1.807) is 13.0 Å². The fourth-order valence-corrected chi connectivity index (χ4v) is 0.719. The quantitative estimate of drug-likeness (QED) is 0.618. The van der Waals surface area contributed by atoms with Gasteiger partial charge in [-0.3, -0.25) is 0 Å². The molecule has 1 N–H and O–H groups in total. The first kappa shape index (κ1) is 10.2. The number of aliphatic carboxylic acids is 1. The number of rotatable bonds is 4. The number of allylic oxidation sites excluding steroid dienone is 1. The summed E-state index contributed by atoms with van der Waals surface area (Å²) in [7, 11) is 3.85. The number of hydrogen-bond acceptors (Lipinski definition) is 2. The number of hydrogen-bond donors (Lipinski definition) is 1. The second kappa shape index (κ2) is 4.91. The van der Waals surface area contributed by atoms with Crippen LogP contribution in [0.1, 0.15) is 13.3 Å². The van der Waals surface area contributed by atoms with Crippen molar-refractivity contribution in [3.8, 4) is 0 Å². The van der Waals surface area contributed by atoms with Crippen molar-refractivity contribution in [2.24, 2.45) is 0 Å². The Kier molecular flexibility index (Phi) is 4.54. The maximum atomic E-state index is 10.5. The van der Waals surface area contributed by atoms with Crippen molar-refractivity contribution in [3.63, 3.8) is 0 Å². The number of carboxylic acid groups (broad SMARTS) is 1. The highest BCUT2D eigenvalue weighted by atomic mass is 16.4. The predicted octanol–water partition coefficient (Wildman–Crippen LogP) is 0.969. The normalized spacial score (nSPS) is 12.2. The Hall–Kier alpha value is -0.830. The van der Waals surface area contributed by atoms with Crippen LogP contribution in [-0.4, -0.2) is 36.6 Å². The molecule has 0 amide bonds. The van der Waals surface area contributed by atoms with E-state index >= 15 is 0 Å². The van der Waals surface area contributed by atoms with Gasteiger partial charge < -0.3 is 10.0 Å². The molecule has 0 heterocycles. The predicted molar refractivity (Wildman–Crippen MR) is 44.6 cm³/mol. The van der Waals surface area contributed by atoms with E-state index in [1.165, 1.54) is 0 Å². The Morgan fingerprint density at radius 3 is 2.36 bits per heavy atom. The van der Waals surface area contributed by atoms with E-state index in [4.69, 9.17) is 5.11 Å². The van der Waals surface area contributed by atoms with Gasteiger partial charge in [-0.25, -0.2) is 4.79 Å². The molecule has 0 spiro atoms. The highest BCUT2D eigenvalue weighted by Gasteiger charge is 2.04. The molecule has 0 aliphatic carbocycles. The maximum Gasteiger partial charge on any atom is 0.331 e. The van der Waals surface area contributed by atoms with Gasteiger partial charge in [0.15, 0.2) is 0 Å². The summed E-state index contributed by atoms with van der Waals surface area (Å²) < 4.78 is 0. The van der Waals surface area contributed by atoms with Crippen LogP contribution in [0.5, 0.6) is 0 Å². The third-order valence-corrected chi connectivity index (χ3v) is 1.45. The van der Waals surface area contributed by atoms with Gasteiger partial charge in [0, 0.05) is 12.1 Å². The van der Waals surface area contributed by atoms with Crippen LogP contribution < -0.4 is 0 Å². The van der Waals surface area contributed by atoms with Crippen LogP contribution in [-0.2, 0) is 4.79 Å². The smallest absolute Gasteiger partial charge is 0.331 e. The number of carbonyl (C=O) groups is 1. The van der Waals surface area contributed by atoms with Gasteiger partial charge in [0.25, 0.3) is 0 Å². The van der Waals surface area contributed by atoms with Gasteiger partial charge in [-0.05, 0) is 27.4 Å². The average Bonchev–Trinajstić information content (AvgIpc) is 1.87. The summed E-state index contributed by atoms with van der Waals surface area (Å²) in [6.45, 7) is 2.53. The summed E-state index contributed by atoms with van der Waals surface area (Å²) in [6.07, 6.45) is 2.25. The van der Waals surface area contributed by atoms with E-state index in [9.17, 15) is 4.79 Å². The van der Waals surface area contributed by atoms with E-state index in [0.717, 1.165) is 6.54 Å². The van der Waals surface area contributed by atoms with Crippen LogP contribution in [0.4, 0.5) is 0 Å². The molecule has 0 aromatic carbocycles. The van der Waals surface area contributed by atoms with Crippen molar-refractivity contribution in [2.45, 2.75) is 13.3 Å². The molecule has 64 valence electrons. The first-order valence-corrected chi connectivity index (χ1v) is 3.61. The van der Waals surface area contributed by atoms with Crippen LogP contribution >= 0.6 is 0 Å². The van der Waals surface area contributed by atoms with Crippen molar-refractivity contribution >= 4 is 5.97 Å². The van der Waals surface area contributed by atoms with Gasteiger partial charge in [-0.2, -0.15) is 0 Å². The lowest BCUT2D eigenvalue weighted by atomic mass is 10.2. The molecule has 3 heteroatoms. The molecule has 0 radical (unpaired) electrons. The Morgan fingerprint density at radius 1 is 1.55 bits per heavy atom. The molecule has 0 rings (SSSR count). The van der Waals surface area contributed by atoms with E-state index < -0.39 is 5.97 Å². The Balaban J connectivity index is 3.82. The lowest BCUT2D eigenvalue weighted by molar-refractivity contribution is -0.132. The third kappa shape index (κ3) is 4.56. The van der Waals surface area contributed by atoms with Crippen molar-refractivity contribution in [1.82, 2.24) is 4.90 Å². The summed E-state index contributed by atoms with van der Waals surface area (Å²) >= 11 is 0. The Labute approximate surface area is 67.3 Å². The molecule has 0 bridgehead atoms. The molecule has 0 aliphatic heterocycles. The molecule has 0 saturated heterocycles. The summed E-state index contributed by atoms with van der Waals surface area (Å²) in [6, 6.07) is 0. The first-order chi connectivity index (χ1) is 5.07. The van der Waals surface area contributed by atoms with Crippen LogP contribution in [0.15, 0.2) is 11.6 Å². The fraction of sp³-hybridized carbons (Fsp3) is 0.625. The zero-order valence-corrected chi connectivity index (χ0v) is 7.29. The Bertz CT molecular complexity index is 161. The van der Waals surface area contributed by atoms with E-state index in [1.807, 2.05) is 19.0 Å². The first-order valence-electron chi connectivity index (χ1n) is 3.61. The molecule has 0 saturated carbocycles. The topological polar surface area (TPSA) is 40.5 Å². The minimum Gasteiger partial charge on any atom is -0.478 e. The number of carboxylic acids is 1. The monoisotopic (exact) mass is 157 g/mol. The summed E-state index contributed by atoms with van der Waals surface area (Å²) in [5.41, 5.74) is 0.485. The van der Waals surface area contributed by atoms with Gasteiger partial charge in [-0.1, -0.05) is 6.08 Å². The molecule has 0 aliphatic rings. The molecule has 0 aromatic heterocycles. The molecule has 0 fully saturated rings. The number of nitrogens with zero attached hydrogens (tertiary/aromatic N) is 1. The minimum atomic E-state index is -0.811. The van der Waals surface area contributed by atoms with E-state index in [-0.39, 0.29) is 0 Å². The van der Waals surface area contributed by atoms with Gasteiger partial charge in [0.1, 0.15) is 0 Å². The van der Waals surface area contributed by atoms with Gasteiger partial charge in [-0.15, -0.1) is 0 Å². The summed E-state index contributed by atoms with van der Waals surface area (Å²) in [4.78, 5) is 12.4. The largest absolute Gasteiger partial charge is 0.478 e. The van der Waals surface area contributed by atoms with Crippen molar-refractivity contribution in [2.75, 3.05) is 20.6 Å².